The number of nitrogens with zero attached hydrogens (tertiary/aromatic N) is 2. The van der Waals surface area contributed by atoms with Gasteiger partial charge in [0.1, 0.15) is 11.6 Å². The monoisotopic (exact) mass is 233 g/mol. The molecule has 2 N–H and O–H groups in total. The van der Waals surface area contributed by atoms with Crippen molar-refractivity contribution in [3.63, 3.8) is 0 Å². The zero-order valence-corrected chi connectivity index (χ0v) is 9.86. The van der Waals surface area contributed by atoms with Crippen molar-refractivity contribution in [3.8, 4) is 0 Å². The Balaban J connectivity index is 2.16. The molecule has 1 fully saturated rings. The quantitative estimate of drug-likeness (QED) is 0.885. The predicted molar refractivity (Wildman–Crippen MR) is 65.0 cm³/mol. The molecule has 1 aromatic heterocycles. The maximum Gasteiger partial charge on any atom is 0.127 e. The molecule has 1 atom stereocenters. The van der Waals surface area contributed by atoms with Crippen LogP contribution in [0.4, 0.5) is 4.39 Å². The third-order valence-corrected chi connectivity index (χ3v) is 3.48. The highest BCUT2D eigenvalue weighted by molar-refractivity contribution is 5.76. The fourth-order valence-electron chi connectivity index (χ4n) is 2.37. The summed E-state index contributed by atoms with van der Waals surface area (Å²) in [5.74, 6) is 1.23. The zero-order valence-electron chi connectivity index (χ0n) is 9.86. The molecule has 1 saturated carbocycles. The van der Waals surface area contributed by atoms with Gasteiger partial charge in [0, 0.05) is 6.54 Å². The molecular formula is C13H16FN3. The Morgan fingerprint density at radius 2 is 2.29 bits per heavy atom. The van der Waals surface area contributed by atoms with Crippen molar-refractivity contribution < 1.29 is 4.39 Å². The number of rotatable bonds is 3. The average Bonchev–Trinajstić information content (AvgIpc) is 3.09. The molecule has 1 aliphatic rings. The molecule has 3 rings (SSSR count). The molecule has 90 valence electrons. The third kappa shape index (κ3) is 1.72. The van der Waals surface area contributed by atoms with Gasteiger partial charge in [0.15, 0.2) is 0 Å². The molecule has 0 aliphatic heterocycles. The number of aryl methyl sites for hydroxylation is 1. The van der Waals surface area contributed by atoms with Crippen LogP contribution in [0, 0.1) is 11.7 Å². The molecule has 17 heavy (non-hydrogen) atoms. The van der Waals surface area contributed by atoms with Gasteiger partial charge in [-0.05, 0) is 43.9 Å². The van der Waals surface area contributed by atoms with Crippen molar-refractivity contribution >= 4 is 11.0 Å². The summed E-state index contributed by atoms with van der Waals surface area (Å²) >= 11 is 0. The van der Waals surface area contributed by atoms with Crippen LogP contribution in [-0.4, -0.2) is 9.55 Å². The molecule has 2 aromatic rings. The summed E-state index contributed by atoms with van der Waals surface area (Å²) in [6, 6.07) is 4.70. The fourth-order valence-corrected chi connectivity index (χ4v) is 2.37. The summed E-state index contributed by atoms with van der Waals surface area (Å²) in [6.45, 7) is 2.81. The summed E-state index contributed by atoms with van der Waals surface area (Å²) in [5.41, 5.74) is 7.88. The first-order valence-electron chi connectivity index (χ1n) is 6.12. The van der Waals surface area contributed by atoms with E-state index in [-0.39, 0.29) is 11.9 Å². The highest BCUT2D eigenvalue weighted by Crippen LogP contribution is 2.39. The molecule has 0 bridgehead atoms. The van der Waals surface area contributed by atoms with E-state index >= 15 is 0 Å². The molecule has 1 unspecified atom stereocenters. The standard InChI is InChI=1S/C13H16FN3/c1-2-17-11-7-9(14)5-6-10(11)16-13(17)12(15)8-3-4-8/h5-8,12H,2-4,15H2,1H3. The van der Waals surface area contributed by atoms with E-state index in [1.165, 1.54) is 25.0 Å². The minimum Gasteiger partial charge on any atom is -0.327 e. The number of nitrogens with two attached hydrogens (primary N) is 1. The van der Waals surface area contributed by atoms with Crippen LogP contribution in [0.5, 0.6) is 0 Å². The lowest BCUT2D eigenvalue weighted by molar-refractivity contribution is 0.556. The molecule has 1 aromatic carbocycles. The highest BCUT2D eigenvalue weighted by Gasteiger charge is 2.32. The molecule has 4 heteroatoms. The van der Waals surface area contributed by atoms with E-state index in [9.17, 15) is 4.39 Å². The van der Waals surface area contributed by atoms with E-state index in [4.69, 9.17) is 5.73 Å². The summed E-state index contributed by atoms with van der Waals surface area (Å²) in [4.78, 5) is 4.56. The second-order valence-corrected chi connectivity index (χ2v) is 4.71. The van der Waals surface area contributed by atoms with Crippen molar-refractivity contribution in [2.45, 2.75) is 32.4 Å². The predicted octanol–water partition coefficient (Wildman–Crippen LogP) is 2.61. The fraction of sp³-hybridized carbons (Fsp3) is 0.462. The van der Waals surface area contributed by atoms with E-state index in [0.29, 0.717) is 5.92 Å². The van der Waals surface area contributed by atoms with Crippen LogP contribution >= 0.6 is 0 Å². The first kappa shape index (κ1) is 10.7. The number of benzene rings is 1. The van der Waals surface area contributed by atoms with Crippen molar-refractivity contribution in [1.29, 1.82) is 0 Å². The first-order valence-corrected chi connectivity index (χ1v) is 6.12. The maximum atomic E-state index is 13.3. The van der Waals surface area contributed by atoms with Crippen LogP contribution in [0.2, 0.25) is 0 Å². The lowest BCUT2D eigenvalue weighted by Gasteiger charge is -2.12. The molecule has 1 heterocycles. The number of hydrogen-bond acceptors (Lipinski definition) is 2. The Kier molecular flexibility index (Phi) is 2.40. The molecule has 1 aliphatic carbocycles. The van der Waals surface area contributed by atoms with Gasteiger partial charge in [-0.2, -0.15) is 0 Å². The van der Waals surface area contributed by atoms with Gasteiger partial charge in [-0.25, -0.2) is 9.37 Å². The van der Waals surface area contributed by atoms with E-state index in [1.807, 2.05) is 11.5 Å². The minimum atomic E-state index is -0.223. The third-order valence-electron chi connectivity index (χ3n) is 3.48. The number of aromatic nitrogens is 2. The van der Waals surface area contributed by atoms with Crippen molar-refractivity contribution in [2.75, 3.05) is 0 Å². The molecule has 0 spiro atoms. The van der Waals surface area contributed by atoms with Gasteiger partial charge in [-0.15, -0.1) is 0 Å². The van der Waals surface area contributed by atoms with Crippen LogP contribution in [-0.2, 0) is 6.54 Å². The topological polar surface area (TPSA) is 43.8 Å². The van der Waals surface area contributed by atoms with Gasteiger partial charge in [-0.1, -0.05) is 0 Å². The molecule has 0 saturated heterocycles. The summed E-state index contributed by atoms with van der Waals surface area (Å²) in [7, 11) is 0. The van der Waals surface area contributed by atoms with Crippen LogP contribution in [0.3, 0.4) is 0 Å². The molecule has 0 amide bonds. The first-order chi connectivity index (χ1) is 8.20. The summed E-state index contributed by atoms with van der Waals surface area (Å²) in [5, 5.41) is 0. The second kappa shape index (κ2) is 3.81. The Morgan fingerprint density at radius 1 is 1.53 bits per heavy atom. The number of halogens is 1. The molecule has 3 nitrogen and oxygen atoms in total. The Morgan fingerprint density at radius 3 is 2.94 bits per heavy atom. The van der Waals surface area contributed by atoms with Gasteiger partial charge >= 0.3 is 0 Å². The van der Waals surface area contributed by atoms with E-state index in [2.05, 4.69) is 4.98 Å². The summed E-state index contributed by atoms with van der Waals surface area (Å²) < 4.78 is 15.3. The van der Waals surface area contributed by atoms with E-state index in [1.54, 1.807) is 6.07 Å². The smallest absolute Gasteiger partial charge is 0.127 e. The average molecular weight is 233 g/mol. The van der Waals surface area contributed by atoms with Crippen LogP contribution < -0.4 is 5.73 Å². The summed E-state index contributed by atoms with van der Waals surface area (Å²) in [6.07, 6.45) is 2.37. The Labute approximate surface area is 99.4 Å². The van der Waals surface area contributed by atoms with E-state index < -0.39 is 0 Å². The Bertz CT molecular complexity index is 557. The van der Waals surface area contributed by atoms with Crippen molar-refractivity contribution in [2.24, 2.45) is 11.7 Å². The minimum absolute atomic E-state index is 0.00888. The zero-order chi connectivity index (χ0) is 12.0. The van der Waals surface area contributed by atoms with Crippen LogP contribution in [0.1, 0.15) is 31.6 Å². The molecule has 0 radical (unpaired) electrons. The highest BCUT2D eigenvalue weighted by atomic mass is 19.1. The van der Waals surface area contributed by atoms with Crippen LogP contribution in [0.15, 0.2) is 18.2 Å². The van der Waals surface area contributed by atoms with Gasteiger partial charge < -0.3 is 10.3 Å². The lowest BCUT2D eigenvalue weighted by Crippen LogP contribution is -2.18. The lowest BCUT2D eigenvalue weighted by atomic mass is 10.2. The molecular weight excluding hydrogens is 217 g/mol. The maximum absolute atomic E-state index is 13.3. The van der Waals surface area contributed by atoms with Gasteiger partial charge in [0.25, 0.3) is 0 Å². The normalized spacial score (nSPS) is 17.6. The number of hydrogen-bond donors (Lipinski definition) is 1. The van der Waals surface area contributed by atoms with Gasteiger partial charge in [-0.3, -0.25) is 0 Å². The number of fused-ring (bicyclic) bond motifs is 1. The van der Waals surface area contributed by atoms with Gasteiger partial charge in [0.2, 0.25) is 0 Å². The van der Waals surface area contributed by atoms with Gasteiger partial charge in [0.05, 0.1) is 17.1 Å². The van der Waals surface area contributed by atoms with Crippen LogP contribution in [0.25, 0.3) is 11.0 Å². The number of imidazole rings is 1. The largest absolute Gasteiger partial charge is 0.327 e. The van der Waals surface area contributed by atoms with Crippen molar-refractivity contribution in [3.05, 3.63) is 29.8 Å². The van der Waals surface area contributed by atoms with Crippen molar-refractivity contribution in [1.82, 2.24) is 9.55 Å². The Hall–Kier alpha value is -1.42. The van der Waals surface area contributed by atoms with E-state index in [0.717, 1.165) is 23.4 Å². The second-order valence-electron chi connectivity index (χ2n) is 4.71. The SMILES string of the molecule is CCn1c(C(N)C2CC2)nc2ccc(F)cc21.